The van der Waals surface area contributed by atoms with Crippen molar-refractivity contribution in [3.8, 4) is 0 Å². The molecule has 90 valence electrons. The number of hydrogen-bond acceptors (Lipinski definition) is 3. The molecule has 17 heavy (non-hydrogen) atoms. The average Bonchev–Trinajstić information content (AvgIpc) is 2.30. The first-order valence-corrected chi connectivity index (χ1v) is 5.43. The maximum atomic E-state index is 13.4. The molecule has 4 heteroatoms. The molecule has 0 fully saturated rings. The summed E-state index contributed by atoms with van der Waals surface area (Å²) in [6, 6.07) is 2.90. The van der Waals surface area contributed by atoms with E-state index in [1.807, 2.05) is 0 Å². The van der Waals surface area contributed by atoms with E-state index in [2.05, 4.69) is 4.74 Å². The maximum Gasteiger partial charge on any atom is 0.309 e. The summed E-state index contributed by atoms with van der Waals surface area (Å²) in [5.74, 6) is -1.40. The maximum absolute atomic E-state index is 13.4. The fraction of sp³-hybridized carbons (Fsp3) is 0.385. The van der Waals surface area contributed by atoms with E-state index in [1.54, 1.807) is 13.0 Å². The molecule has 1 unspecified atom stereocenters. The number of rotatable bonds is 1. The van der Waals surface area contributed by atoms with Crippen LogP contribution in [0, 0.1) is 18.7 Å². The molecule has 1 aliphatic carbocycles. The van der Waals surface area contributed by atoms with Gasteiger partial charge in [0, 0.05) is 12.0 Å². The van der Waals surface area contributed by atoms with Crippen LogP contribution < -0.4 is 0 Å². The Labute approximate surface area is 98.6 Å². The number of hydrogen-bond donors (Lipinski definition) is 0. The van der Waals surface area contributed by atoms with Crippen molar-refractivity contribution >= 4 is 11.8 Å². The van der Waals surface area contributed by atoms with Crippen molar-refractivity contribution in [3.63, 3.8) is 0 Å². The van der Waals surface area contributed by atoms with Crippen LogP contribution in [0.4, 0.5) is 4.39 Å². The Kier molecular flexibility index (Phi) is 2.96. The first-order chi connectivity index (χ1) is 8.02. The number of Topliss-reactive ketones (excluding diaryl/α,β-unsaturated/α-hetero) is 1. The molecule has 3 nitrogen and oxygen atoms in total. The van der Waals surface area contributed by atoms with Crippen LogP contribution in [-0.2, 0) is 16.0 Å². The normalized spacial score (nSPS) is 18.8. The number of carbonyl (C=O) groups excluding carboxylic acids is 2. The van der Waals surface area contributed by atoms with Gasteiger partial charge in [-0.05, 0) is 30.5 Å². The van der Waals surface area contributed by atoms with Gasteiger partial charge < -0.3 is 4.74 Å². The molecule has 0 saturated carbocycles. The molecule has 0 saturated heterocycles. The molecular formula is C13H13FO3. The molecule has 0 N–H and O–H groups in total. The highest BCUT2D eigenvalue weighted by molar-refractivity contribution is 6.01. The van der Waals surface area contributed by atoms with Gasteiger partial charge in [0.2, 0.25) is 0 Å². The van der Waals surface area contributed by atoms with Crippen LogP contribution in [0.5, 0.6) is 0 Å². The van der Waals surface area contributed by atoms with Gasteiger partial charge >= 0.3 is 5.97 Å². The molecule has 0 aromatic heterocycles. The highest BCUT2D eigenvalue weighted by Gasteiger charge is 2.31. The summed E-state index contributed by atoms with van der Waals surface area (Å²) in [7, 11) is 1.30. The zero-order chi connectivity index (χ0) is 12.6. The highest BCUT2D eigenvalue weighted by atomic mass is 19.1. The molecule has 1 aromatic carbocycles. The smallest absolute Gasteiger partial charge is 0.309 e. The molecule has 0 aliphatic heterocycles. The second kappa shape index (κ2) is 4.28. The fourth-order valence-corrected chi connectivity index (χ4v) is 2.17. The Balaban J connectivity index is 2.39. The van der Waals surface area contributed by atoms with Crippen molar-refractivity contribution < 1.29 is 18.7 Å². The summed E-state index contributed by atoms with van der Waals surface area (Å²) in [6.07, 6.45) is 0.539. The Hall–Kier alpha value is -1.71. The third-order valence-corrected chi connectivity index (χ3v) is 3.12. The van der Waals surface area contributed by atoms with Crippen LogP contribution in [0.25, 0.3) is 0 Å². The molecule has 1 aromatic rings. The third kappa shape index (κ3) is 2.07. The van der Waals surface area contributed by atoms with Crippen molar-refractivity contribution in [2.24, 2.45) is 5.92 Å². The summed E-state index contributed by atoms with van der Waals surface area (Å²) >= 11 is 0. The number of aryl methyl sites for hydroxylation is 1. The van der Waals surface area contributed by atoms with Gasteiger partial charge in [-0.1, -0.05) is 6.07 Å². The molecule has 0 bridgehead atoms. The molecular weight excluding hydrogens is 223 g/mol. The fourth-order valence-electron chi connectivity index (χ4n) is 2.17. The van der Waals surface area contributed by atoms with Crippen LogP contribution in [0.3, 0.4) is 0 Å². The molecule has 0 radical (unpaired) electrons. The van der Waals surface area contributed by atoms with Crippen molar-refractivity contribution in [1.82, 2.24) is 0 Å². The summed E-state index contributed by atoms with van der Waals surface area (Å²) < 4.78 is 18.0. The molecule has 2 rings (SSSR count). The van der Waals surface area contributed by atoms with Crippen LogP contribution in [-0.4, -0.2) is 18.9 Å². The van der Waals surface area contributed by atoms with E-state index in [0.717, 1.165) is 5.56 Å². The van der Waals surface area contributed by atoms with E-state index >= 15 is 0 Å². The van der Waals surface area contributed by atoms with E-state index in [9.17, 15) is 14.0 Å². The van der Waals surface area contributed by atoms with Crippen molar-refractivity contribution in [3.05, 3.63) is 34.6 Å². The van der Waals surface area contributed by atoms with Gasteiger partial charge in [-0.2, -0.15) is 0 Å². The van der Waals surface area contributed by atoms with Crippen LogP contribution in [0.15, 0.2) is 12.1 Å². The Morgan fingerprint density at radius 2 is 2.12 bits per heavy atom. The zero-order valence-electron chi connectivity index (χ0n) is 9.75. The van der Waals surface area contributed by atoms with Crippen LogP contribution >= 0.6 is 0 Å². The molecule has 0 heterocycles. The van der Waals surface area contributed by atoms with Crippen LogP contribution in [0.2, 0.25) is 0 Å². The van der Waals surface area contributed by atoms with Gasteiger partial charge in [-0.3, -0.25) is 9.59 Å². The Morgan fingerprint density at radius 1 is 1.41 bits per heavy atom. The molecule has 0 spiro atoms. The Bertz CT molecular complexity index is 494. The lowest BCUT2D eigenvalue weighted by Crippen LogP contribution is -2.27. The molecule has 0 amide bonds. The van der Waals surface area contributed by atoms with Crippen molar-refractivity contribution in [2.45, 2.75) is 19.8 Å². The monoisotopic (exact) mass is 236 g/mol. The molecule has 1 atom stereocenters. The number of esters is 1. The number of fused-ring (bicyclic) bond motifs is 1. The first-order valence-electron chi connectivity index (χ1n) is 5.43. The number of carbonyl (C=O) groups is 2. The van der Waals surface area contributed by atoms with Gasteiger partial charge in [0.15, 0.2) is 5.78 Å². The van der Waals surface area contributed by atoms with E-state index in [4.69, 9.17) is 0 Å². The van der Waals surface area contributed by atoms with E-state index in [-0.39, 0.29) is 24.0 Å². The summed E-state index contributed by atoms with van der Waals surface area (Å²) in [5.41, 5.74) is 1.62. The minimum absolute atomic E-state index is 0.0994. The minimum atomic E-state index is -0.440. The van der Waals surface area contributed by atoms with Crippen molar-refractivity contribution in [1.29, 1.82) is 0 Å². The zero-order valence-corrected chi connectivity index (χ0v) is 9.75. The first kappa shape index (κ1) is 11.8. The quantitative estimate of drug-likeness (QED) is 0.701. The number of halogens is 1. The highest BCUT2D eigenvalue weighted by Crippen LogP contribution is 2.28. The number of methoxy groups -OCH3 is 1. The lowest BCUT2D eigenvalue weighted by Gasteiger charge is -2.22. The predicted molar refractivity (Wildman–Crippen MR) is 59.3 cm³/mol. The van der Waals surface area contributed by atoms with E-state index < -0.39 is 5.92 Å². The number of ether oxygens (including phenoxy) is 1. The lowest BCUT2D eigenvalue weighted by atomic mass is 9.82. The van der Waals surface area contributed by atoms with Gasteiger partial charge in [-0.15, -0.1) is 0 Å². The topological polar surface area (TPSA) is 43.4 Å². The van der Waals surface area contributed by atoms with Gasteiger partial charge in [0.25, 0.3) is 0 Å². The van der Waals surface area contributed by atoms with Crippen molar-refractivity contribution in [2.75, 3.05) is 7.11 Å². The Morgan fingerprint density at radius 3 is 2.76 bits per heavy atom. The summed E-state index contributed by atoms with van der Waals surface area (Å²) in [5, 5.41) is 0. The van der Waals surface area contributed by atoms with Gasteiger partial charge in [0.05, 0.1) is 13.0 Å². The SMILES string of the molecule is COC(=O)C1CC(=O)c2cc(F)c(C)cc2C1. The average molecular weight is 236 g/mol. The molecule has 1 aliphatic rings. The third-order valence-electron chi connectivity index (χ3n) is 3.12. The largest absolute Gasteiger partial charge is 0.469 e. The number of benzene rings is 1. The van der Waals surface area contributed by atoms with Gasteiger partial charge in [0.1, 0.15) is 5.82 Å². The van der Waals surface area contributed by atoms with E-state index in [1.165, 1.54) is 13.2 Å². The van der Waals surface area contributed by atoms with Gasteiger partial charge in [-0.25, -0.2) is 4.39 Å². The standard InChI is InChI=1S/C13H13FO3/c1-7-3-8-4-9(13(16)17-2)5-12(15)10(8)6-11(7)14/h3,6,9H,4-5H2,1-2H3. The predicted octanol–water partition coefficient (Wildman–Crippen LogP) is 2.05. The second-order valence-corrected chi connectivity index (χ2v) is 4.31. The van der Waals surface area contributed by atoms with Crippen LogP contribution in [0.1, 0.15) is 27.9 Å². The second-order valence-electron chi connectivity index (χ2n) is 4.31. The summed E-state index contributed by atoms with van der Waals surface area (Å²) in [6.45, 7) is 1.64. The lowest BCUT2D eigenvalue weighted by molar-refractivity contribution is -0.145. The van der Waals surface area contributed by atoms with E-state index in [0.29, 0.717) is 17.5 Å². The summed E-state index contributed by atoms with van der Waals surface area (Å²) in [4.78, 5) is 23.2. The number of ketones is 1. The minimum Gasteiger partial charge on any atom is -0.469 e.